The van der Waals surface area contributed by atoms with Crippen LogP contribution in [-0.2, 0) is 0 Å². The Labute approximate surface area is 164 Å². The van der Waals surface area contributed by atoms with Crippen LogP contribution in [0.4, 0.5) is 11.6 Å². The monoisotopic (exact) mass is 382 g/mol. The maximum absolute atomic E-state index is 4.56. The number of rotatable bonds is 3. The lowest BCUT2D eigenvalue weighted by Crippen LogP contribution is -2.40. The molecular weight excluding hydrogens is 356 g/mol. The van der Waals surface area contributed by atoms with Crippen molar-refractivity contribution in [2.24, 2.45) is 0 Å². The minimum absolute atomic E-state index is 0.596. The fraction of sp³-hybridized carbons (Fsp3) is 0.350. The summed E-state index contributed by atoms with van der Waals surface area (Å²) >= 11 is 1.65. The van der Waals surface area contributed by atoms with Gasteiger partial charge in [0.2, 0.25) is 5.95 Å². The van der Waals surface area contributed by atoms with Crippen LogP contribution in [0.1, 0.15) is 10.7 Å². The molecule has 1 aliphatic heterocycles. The van der Waals surface area contributed by atoms with E-state index in [-0.39, 0.29) is 0 Å². The molecule has 2 aromatic heterocycles. The molecule has 1 aromatic carbocycles. The molecule has 7 heteroatoms. The fourth-order valence-corrected chi connectivity index (χ4v) is 3.63. The smallest absolute Gasteiger partial charge is 0.227 e. The van der Waals surface area contributed by atoms with Gasteiger partial charge in [-0.3, -0.25) is 0 Å². The van der Waals surface area contributed by atoms with Crippen molar-refractivity contribution in [3.05, 3.63) is 53.3 Å². The number of para-hydroxylation sites is 1. The molecule has 0 unspecified atom stereocenters. The van der Waals surface area contributed by atoms with Gasteiger partial charge in [0.1, 0.15) is 0 Å². The van der Waals surface area contributed by atoms with Crippen molar-refractivity contribution in [1.82, 2.24) is 25.2 Å². The number of piperazine rings is 1. The second-order valence-corrected chi connectivity index (χ2v) is 7.66. The van der Waals surface area contributed by atoms with E-state index in [1.54, 1.807) is 17.5 Å². The summed E-state index contributed by atoms with van der Waals surface area (Å²) < 4.78 is 0. The lowest BCUT2D eigenvalue weighted by molar-refractivity contribution is 0.291. The molecule has 27 heavy (non-hydrogen) atoms. The third kappa shape index (κ3) is 5.82. The van der Waals surface area contributed by atoms with Crippen molar-refractivity contribution in [3.8, 4) is 10.6 Å². The highest BCUT2D eigenvalue weighted by Gasteiger charge is 2.10. The number of nitrogens with one attached hydrogen (secondary N) is 2. The van der Waals surface area contributed by atoms with Gasteiger partial charge >= 0.3 is 0 Å². The van der Waals surface area contributed by atoms with Gasteiger partial charge < -0.3 is 15.5 Å². The average Bonchev–Trinajstić information content (AvgIpc) is 3.02. The standard InChI is InChI=1S/C15H14N4S.C5H12N2/c1-10-14(20-11(2)17-10)13-8-9-16-15(19-13)18-12-6-4-3-5-7-12;1-7-4-2-6-3-5-7/h3-9H,1-2H3,(H,16,18,19);6H,2-5H2,1H3. The van der Waals surface area contributed by atoms with Crippen molar-refractivity contribution < 1.29 is 0 Å². The first-order valence-electron chi connectivity index (χ1n) is 9.10. The first-order valence-corrected chi connectivity index (χ1v) is 9.92. The van der Waals surface area contributed by atoms with E-state index in [2.05, 4.69) is 37.5 Å². The molecule has 0 amide bonds. The molecule has 0 radical (unpaired) electrons. The summed E-state index contributed by atoms with van der Waals surface area (Å²) in [5.74, 6) is 0.596. The van der Waals surface area contributed by atoms with Crippen LogP contribution < -0.4 is 10.6 Å². The highest BCUT2D eigenvalue weighted by atomic mass is 32.1. The molecule has 0 aliphatic carbocycles. The fourth-order valence-electron chi connectivity index (χ4n) is 2.74. The number of likely N-dealkylation sites (N-methyl/N-ethyl adjacent to an activating group) is 1. The average molecular weight is 383 g/mol. The summed E-state index contributed by atoms with van der Waals surface area (Å²) in [4.78, 5) is 16.7. The molecule has 0 saturated carbocycles. The third-order valence-corrected chi connectivity index (χ3v) is 5.26. The molecule has 6 nitrogen and oxygen atoms in total. The Balaban J connectivity index is 0.000000253. The SMILES string of the molecule is CN1CCNCC1.Cc1nc(C)c(-c2ccnc(Nc3ccccc3)n2)s1. The Morgan fingerprint density at radius 2 is 1.78 bits per heavy atom. The summed E-state index contributed by atoms with van der Waals surface area (Å²) in [5.41, 5.74) is 2.89. The highest BCUT2D eigenvalue weighted by Crippen LogP contribution is 2.28. The Hall–Kier alpha value is -2.35. The maximum atomic E-state index is 4.56. The predicted octanol–water partition coefficient (Wildman–Crippen LogP) is 3.48. The number of hydrogen-bond acceptors (Lipinski definition) is 7. The van der Waals surface area contributed by atoms with Gasteiger partial charge in [-0.25, -0.2) is 15.0 Å². The zero-order valence-electron chi connectivity index (χ0n) is 16.1. The molecule has 0 spiro atoms. The third-order valence-electron chi connectivity index (χ3n) is 4.16. The molecule has 4 rings (SSSR count). The molecule has 0 atom stereocenters. The van der Waals surface area contributed by atoms with Crippen LogP contribution in [0.25, 0.3) is 10.6 Å². The number of aryl methyl sites for hydroxylation is 2. The number of anilines is 2. The quantitative estimate of drug-likeness (QED) is 0.723. The van der Waals surface area contributed by atoms with E-state index in [0.29, 0.717) is 5.95 Å². The molecule has 2 N–H and O–H groups in total. The number of nitrogens with zero attached hydrogens (tertiary/aromatic N) is 4. The predicted molar refractivity (Wildman–Crippen MR) is 113 cm³/mol. The van der Waals surface area contributed by atoms with Crippen LogP contribution in [0.15, 0.2) is 42.6 Å². The Kier molecular flexibility index (Phi) is 6.86. The number of benzene rings is 1. The summed E-state index contributed by atoms with van der Waals surface area (Å²) in [5, 5.41) is 7.53. The van der Waals surface area contributed by atoms with E-state index in [1.807, 2.05) is 50.2 Å². The first kappa shape index (κ1) is 19.4. The number of hydrogen-bond donors (Lipinski definition) is 2. The van der Waals surface area contributed by atoms with Gasteiger partial charge in [0.25, 0.3) is 0 Å². The molecule has 3 aromatic rings. The molecule has 0 bridgehead atoms. The lowest BCUT2D eigenvalue weighted by atomic mass is 10.3. The van der Waals surface area contributed by atoms with E-state index >= 15 is 0 Å². The Morgan fingerprint density at radius 1 is 1.04 bits per heavy atom. The number of aromatic nitrogens is 3. The van der Waals surface area contributed by atoms with Crippen molar-refractivity contribution in [3.63, 3.8) is 0 Å². The van der Waals surface area contributed by atoms with Crippen molar-refractivity contribution in [1.29, 1.82) is 0 Å². The van der Waals surface area contributed by atoms with E-state index in [1.165, 1.54) is 13.1 Å². The van der Waals surface area contributed by atoms with Gasteiger partial charge in [-0.1, -0.05) is 18.2 Å². The van der Waals surface area contributed by atoms with Gasteiger partial charge in [0.05, 0.1) is 21.3 Å². The summed E-state index contributed by atoms with van der Waals surface area (Å²) in [6.07, 6.45) is 1.77. The zero-order valence-corrected chi connectivity index (χ0v) is 16.9. The van der Waals surface area contributed by atoms with Gasteiger partial charge in [-0.2, -0.15) is 0 Å². The maximum Gasteiger partial charge on any atom is 0.227 e. The minimum atomic E-state index is 0.596. The Morgan fingerprint density at radius 3 is 2.37 bits per heavy atom. The summed E-state index contributed by atoms with van der Waals surface area (Å²) in [6, 6.07) is 11.8. The van der Waals surface area contributed by atoms with E-state index in [0.717, 1.165) is 40.0 Å². The van der Waals surface area contributed by atoms with E-state index in [9.17, 15) is 0 Å². The minimum Gasteiger partial charge on any atom is -0.324 e. The van der Waals surface area contributed by atoms with Gasteiger partial charge in [-0.15, -0.1) is 11.3 Å². The van der Waals surface area contributed by atoms with Crippen LogP contribution in [0.3, 0.4) is 0 Å². The molecule has 1 saturated heterocycles. The normalized spacial score (nSPS) is 14.3. The number of thiazole rings is 1. The second kappa shape index (κ2) is 9.55. The first-order chi connectivity index (χ1) is 13.1. The van der Waals surface area contributed by atoms with Gasteiger partial charge in [-0.05, 0) is 39.1 Å². The zero-order chi connectivity index (χ0) is 19.1. The van der Waals surface area contributed by atoms with E-state index < -0.39 is 0 Å². The van der Waals surface area contributed by atoms with Crippen molar-refractivity contribution in [2.75, 3.05) is 38.5 Å². The summed E-state index contributed by atoms with van der Waals surface area (Å²) in [7, 11) is 2.15. The highest BCUT2D eigenvalue weighted by molar-refractivity contribution is 7.15. The topological polar surface area (TPSA) is 66.0 Å². The second-order valence-electron chi connectivity index (χ2n) is 6.46. The van der Waals surface area contributed by atoms with Crippen LogP contribution in [0.2, 0.25) is 0 Å². The van der Waals surface area contributed by atoms with Crippen molar-refractivity contribution >= 4 is 23.0 Å². The van der Waals surface area contributed by atoms with Crippen molar-refractivity contribution in [2.45, 2.75) is 13.8 Å². The van der Waals surface area contributed by atoms with Crippen LogP contribution >= 0.6 is 11.3 Å². The van der Waals surface area contributed by atoms with Gasteiger partial charge in [0, 0.05) is 38.1 Å². The summed E-state index contributed by atoms with van der Waals surface area (Å²) in [6.45, 7) is 8.75. The van der Waals surface area contributed by atoms with Crippen LogP contribution in [-0.4, -0.2) is 53.1 Å². The van der Waals surface area contributed by atoms with E-state index in [4.69, 9.17) is 0 Å². The van der Waals surface area contributed by atoms with Gasteiger partial charge in [0.15, 0.2) is 0 Å². The largest absolute Gasteiger partial charge is 0.324 e. The molecule has 1 fully saturated rings. The Bertz CT molecular complexity index is 843. The molecule has 1 aliphatic rings. The van der Waals surface area contributed by atoms with Crippen LogP contribution in [0, 0.1) is 13.8 Å². The van der Waals surface area contributed by atoms with Crippen LogP contribution in [0.5, 0.6) is 0 Å². The molecule has 142 valence electrons. The molecule has 3 heterocycles. The lowest BCUT2D eigenvalue weighted by Gasteiger charge is -2.21. The molecular formula is C20H26N6S.